The van der Waals surface area contributed by atoms with E-state index in [1.807, 2.05) is 0 Å². The quantitative estimate of drug-likeness (QED) is 0.839. The number of Topliss-reactive ketones (excluding diaryl/α,β-unsaturated/α-hetero) is 1. The Morgan fingerprint density at radius 2 is 2.00 bits per heavy atom. The number of ketones is 1. The van der Waals surface area contributed by atoms with Crippen molar-refractivity contribution < 1.29 is 22.0 Å². The van der Waals surface area contributed by atoms with Gasteiger partial charge in [0.25, 0.3) is 0 Å². The van der Waals surface area contributed by atoms with E-state index in [0.29, 0.717) is 12.0 Å². The fraction of sp³-hybridized carbons (Fsp3) is 0.417. The summed E-state index contributed by atoms with van der Waals surface area (Å²) >= 11 is 0. The zero-order chi connectivity index (χ0) is 13.3. The molecule has 1 aliphatic heterocycles. The molecule has 1 saturated heterocycles. The van der Waals surface area contributed by atoms with Crippen LogP contribution in [-0.4, -0.2) is 25.7 Å². The van der Waals surface area contributed by atoms with Crippen molar-refractivity contribution in [3.8, 4) is 0 Å². The molecule has 1 aromatic rings. The van der Waals surface area contributed by atoms with Crippen LogP contribution in [0.3, 0.4) is 0 Å². The van der Waals surface area contributed by atoms with Gasteiger partial charge in [-0.15, -0.1) is 0 Å². The van der Waals surface area contributed by atoms with Crippen LogP contribution in [0.1, 0.15) is 12.0 Å². The van der Waals surface area contributed by atoms with E-state index in [-0.39, 0.29) is 23.7 Å². The van der Waals surface area contributed by atoms with Gasteiger partial charge in [-0.25, -0.2) is 17.2 Å². The van der Waals surface area contributed by atoms with E-state index in [0.717, 1.165) is 12.1 Å². The van der Waals surface area contributed by atoms with Crippen LogP contribution in [0.2, 0.25) is 0 Å². The highest BCUT2D eigenvalue weighted by Crippen LogP contribution is 2.21. The Balaban J connectivity index is 2.06. The molecule has 0 N–H and O–H groups in total. The van der Waals surface area contributed by atoms with Crippen LogP contribution in [0.5, 0.6) is 0 Å². The fourth-order valence-corrected chi connectivity index (χ4v) is 3.82. The van der Waals surface area contributed by atoms with Gasteiger partial charge in [0, 0.05) is 12.3 Å². The highest BCUT2D eigenvalue weighted by Gasteiger charge is 2.32. The molecule has 18 heavy (non-hydrogen) atoms. The summed E-state index contributed by atoms with van der Waals surface area (Å²) in [6.07, 6.45) is 0.266. The molecular weight excluding hydrogens is 262 g/mol. The Kier molecular flexibility index (Phi) is 3.47. The monoisotopic (exact) mass is 274 g/mol. The molecule has 2 rings (SSSR count). The minimum Gasteiger partial charge on any atom is -0.299 e. The molecule has 0 spiro atoms. The maximum absolute atomic E-state index is 12.9. The molecule has 0 bridgehead atoms. The summed E-state index contributed by atoms with van der Waals surface area (Å²) in [5.74, 6) is -2.81. The lowest BCUT2D eigenvalue weighted by molar-refractivity contribution is -0.121. The maximum atomic E-state index is 12.9. The smallest absolute Gasteiger partial charge is 0.159 e. The van der Waals surface area contributed by atoms with Gasteiger partial charge in [-0.2, -0.15) is 0 Å². The molecule has 0 aromatic heterocycles. The zero-order valence-electron chi connectivity index (χ0n) is 9.53. The van der Waals surface area contributed by atoms with E-state index in [9.17, 15) is 22.0 Å². The van der Waals surface area contributed by atoms with Crippen molar-refractivity contribution in [3.05, 3.63) is 35.4 Å². The summed E-state index contributed by atoms with van der Waals surface area (Å²) in [7, 11) is -3.10. The Morgan fingerprint density at radius 3 is 2.56 bits per heavy atom. The number of hydrogen-bond donors (Lipinski definition) is 0. The van der Waals surface area contributed by atoms with E-state index >= 15 is 0 Å². The van der Waals surface area contributed by atoms with Gasteiger partial charge in [0.2, 0.25) is 0 Å². The molecule has 0 saturated carbocycles. The fourth-order valence-electron chi connectivity index (χ4n) is 2.04. The van der Waals surface area contributed by atoms with Gasteiger partial charge in [0.15, 0.2) is 21.5 Å². The van der Waals surface area contributed by atoms with Crippen LogP contribution in [-0.2, 0) is 21.1 Å². The molecule has 0 radical (unpaired) electrons. The van der Waals surface area contributed by atoms with E-state index < -0.39 is 27.4 Å². The van der Waals surface area contributed by atoms with Gasteiger partial charge >= 0.3 is 0 Å². The molecule has 1 atom stereocenters. The number of halogens is 2. The number of carbonyl (C=O) groups is 1. The van der Waals surface area contributed by atoms with Gasteiger partial charge in [-0.1, -0.05) is 6.07 Å². The van der Waals surface area contributed by atoms with E-state index in [1.54, 1.807) is 0 Å². The molecular formula is C12H12F2O3S. The van der Waals surface area contributed by atoms with E-state index in [2.05, 4.69) is 0 Å². The summed E-state index contributed by atoms with van der Waals surface area (Å²) in [5.41, 5.74) is 0.364. The third-order valence-corrected chi connectivity index (χ3v) is 4.82. The second-order valence-electron chi connectivity index (χ2n) is 4.49. The van der Waals surface area contributed by atoms with E-state index in [4.69, 9.17) is 0 Å². The van der Waals surface area contributed by atoms with Crippen LogP contribution >= 0.6 is 0 Å². The Bertz CT molecular complexity index is 581. The lowest BCUT2D eigenvalue weighted by atomic mass is 9.97. The summed E-state index contributed by atoms with van der Waals surface area (Å²) in [6.45, 7) is 0. The van der Waals surface area contributed by atoms with Crippen LogP contribution in [0.25, 0.3) is 0 Å². The average Bonchev–Trinajstić information content (AvgIpc) is 2.64. The Morgan fingerprint density at radius 1 is 1.28 bits per heavy atom. The number of hydrogen-bond acceptors (Lipinski definition) is 3. The first kappa shape index (κ1) is 13.1. The molecule has 98 valence electrons. The van der Waals surface area contributed by atoms with Crippen LogP contribution < -0.4 is 0 Å². The van der Waals surface area contributed by atoms with Crippen molar-refractivity contribution in [3.63, 3.8) is 0 Å². The molecule has 1 aliphatic rings. The van der Waals surface area contributed by atoms with Gasteiger partial charge in [0.1, 0.15) is 5.78 Å². The minimum atomic E-state index is -3.10. The third kappa shape index (κ3) is 2.93. The minimum absolute atomic E-state index is 0.0290. The van der Waals surface area contributed by atoms with Crippen molar-refractivity contribution >= 4 is 15.6 Å². The summed E-state index contributed by atoms with van der Waals surface area (Å²) < 4.78 is 48.1. The lowest BCUT2D eigenvalue weighted by Crippen LogP contribution is -2.18. The van der Waals surface area contributed by atoms with Crippen molar-refractivity contribution in [2.75, 3.05) is 11.5 Å². The molecule has 0 amide bonds. The van der Waals surface area contributed by atoms with Crippen molar-refractivity contribution in [2.24, 2.45) is 5.92 Å². The molecule has 1 unspecified atom stereocenters. The predicted octanol–water partition coefficient (Wildman–Crippen LogP) is 1.51. The van der Waals surface area contributed by atoms with E-state index in [1.165, 1.54) is 6.07 Å². The molecule has 3 nitrogen and oxygen atoms in total. The van der Waals surface area contributed by atoms with Gasteiger partial charge in [-0.3, -0.25) is 4.79 Å². The second-order valence-corrected chi connectivity index (χ2v) is 6.72. The van der Waals surface area contributed by atoms with Crippen LogP contribution in [0.15, 0.2) is 18.2 Å². The van der Waals surface area contributed by atoms with Crippen molar-refractivity contribution in [2.45, 2.75) is 12.8 Å². The topological polar surface area (TPSA) is 51.2 Å². The zero-order valence-corrected chi connectivity index (χ0v) is 10.3. The summed E-state index contributed by atoms with van der Waals surface area (Å²) in [5, 5.41) is 0. The predicted molar refractivity (Wildman–Crippen MR) is 61.8 cm³/mol. The van der Waals surface area contributed by atoms with Crippen molar-refractivity contribution in [1.29, 1.82) is 0 Å². The van der Waals surface area contributed by atoms with Crippen LogP contribution in [0, 0.1) is 17.6 Å². The highest BCUT2D eigenvalue weighted by atomic mass is 32.2. The number of rotatable bonds is 3. The average molecular weight is 274 g/mol. The molecule has 1 fully saturated rings. The Labute approximate surface area is 104 Å². The Hall–Kier alpha value is -1.30. The number of sulfone groups is 1. The SMILES string of the molecule is O=C(Cc1ccc(F)c(F)c1)C1CCS(=O)(=O)C1. The first-order chi connectivity index (χ1) is 8.37. The van der Waals surface area contributed by atoms with Gasteiger partial charge in [0.05, 0.1) is 11.5 Å². The van der Waals surface area contributed by atoms with Gasteiger partial charge < -0.3 is 0 Å². The summed E-state index contributed by atoms with van der Waals surface area (Å²) in [6, 6.07) is 3.26. The van der Waals surface area contributed by atoms with Gasteiger partial charge in [-0.05, 0) is 24.1 Å². The second kappa shape index (κ2) is 4.76. The molecule has 1 heterocycles. The standard InChI is InChI=1S/C12H12F2O3S/c13-10-2-1-8(5-11(10)14)6-12(15)9-3-4-18(16,17)7-9/h1-2,5,9H,3-4,6-7H2. The third-order valence-electron chi connectivity index (χ3n) is 3.05. The lowest BCUT2D eigenvalue weighted by Gasteiger charge is -2.06. The highest BCUT2D eigenvalue weighted by molar-refractivity contribution is 7.91. The first-order valence-corrected chi connectivity index (χ1v) is 7.36. The number of benzene rings is 1. The largest absolute Gasteiger partial charge is 0.299 e. The molecule has 0 aliphatic carbocycles. The van der Waals surface area contributed by atoms with Crippen LogP contribution in [0.4, 0.5) is 8.78 Å². The maximum Gasteiger partial charge on any atom is 0.159 e. The first-order valence-electron chi connectivity index (χ1n) is 5.54. The summed E-state index contributed by atoms with van der Waals surface area (Å²) in [4.78, 5) is 11.8. The number of carbonyl (C=O) groups excluding carboxylic acids is 1. The van der Waals surface area contributed by atoms with Crippen molar-refractivity contribution in [1.82, 2.24) is 0 Å². The normalized spacial score (nSPS) is 22.0. The molecule has 1 aromatic carbocycles. The molecule has 6 heteroatoms.